The number of ether oxygens (including phenoxy) is 3. The van der Waals surface area contributed by atoms with E-state index in [1.54, 1.807) is 6.20 Å². The SMILES string of the molecule is Cn1ccnc1COc1ccc(C(=O)N2CCC(C3OCCO3)CC2)cc1. The molecule has 2 aromatic rings. The van der Waals surface area contributed by atoms with E-state index in [0.717, 1.165) is 37.5 Å². The summed E-state index contributed by atoms with van der Waals surface area (Å²) < 4.78 is 18.9. The number of hydrogen-bond donors (Lipinski definition) is 0. The Morgan fingerprint density at radius 2 is 1.89 bits per heavy atom. The summed E-state index contributed by atoms with van der Waals surface area (Å²) in [7, 11) is 1.93. The number of carbonyl (C=O) groups excluding carboxylic acids is 1. The van der Waals surface area contributed by atoms with Crippen molar-refractivity contribution in [3.8, 4) is 5.75 Å². The Morgan fingerprint density at radius 3 is 2.52 bits per heavy atom. The van der Waals surface area contributed by atoms with Crippen LogP contribution in [0.5, 0.6) is 5.75 Å². The number of likely N-dealkylation sites (tertiary alicyclic amines) is 1. The summed E-state index contributed by atoms with van der Waals surface area (Å²) in [5, 5.41) is 0. The van der Waals surface area contributed by atoms with Crippen molar-refractivity contribution in [3.63, 3.8) is 0 Å². The van der Waals surface area contributed by atoms with Gasteiger partial charge in [0, 0.05) is 44.0 Å². The number of nitrogens with zero attached hydrogens (tertiary/aromatic N) is 3. The first kappa shape index (κ1) is 18.0. The van der Waals surface area contributed by atoms with Crippen LogP contribution in [-0.2, 0) is 23.1 Å². The second-order valence-corrected chi connectivity index (χ2v) is 7.01. The third-order valence-corrected chi connectivity index (χ3v) is 5.25. The van der Waals surface area contributed by atoms with Gasteiger partial charge >= 0.3 is 0 Å². The monoisotopic (exact) mass is 371 g/mol. The molecule has 0 N–H and O–H groups in total. The summed E-state index contributed by atoms with van der Waals surface area (Å²) in [5.74, 6) is 2.04. The molecule has 7 heteroatoms. The lowest BCUT2D eigenvalue weighted by Gasteiger charge is -2.33. The molecule has 0 bridgehead atoms. The maximum Gasteiger partial charge on any atom is 0.253 e. The summed E-state index contributed by atoms with van der Waals surface area (Å²) in [5.41, 5.74) is 0.686. The molecular weight excluding hydrogens is 346 g/mol. The predicted molar refractivity (Wildman–Crippen MR) is 98.3 cm³/mol. The summed E-state index contributed by atoms with van der Waals surface area (Å²) >= 11 is 0. The summed E-state index contributed by atoms with van der Waals surface area (Å²) in [6, 6.07) is 7.32. The van der Waals surface area contributed by atoms with E-state index < -0.39 is 0 Å². The van der Waals surface area contributed by atoms with Crippen LogP contribution in [0, 0.1) is 5.92 Å². The first-order chi connectivity index (χ1) is 13.2. The zero-order valence-corrected chi connectivity index (χ0v) is 15.5. The van der Waals surface area contributed by atoms with E-state index in [1.807, 2.05) is 47.0 Å². The van der Waals surface area contributed by atoms with E-state index in [0.29, 0.717) is 31.3 Å². The predicted octanol–water partition coefficient (Wildman–Crippen LogP) is 2.22. The second-order valence-electron chi connectivity index (χ2n) is 7.01. The number of carbonyl (C=O) groups is 1. The molecule has 27 heavy (non-hydrogen) atoms. The Bertz CT molecular complexity index is 760. The van der Waals surface area contributed by atoms with Crippen molar-refractivity contribution in [1.82, 2.24) is 14.5 Å². The van der Waals surface area contributed by atoms with Gasteiger partial charge in [-0.2, -0.15) is 0 Å². The highest BCUT2D eigenvalue weighted by Crippen LogP contribution is 2.26. The second kappa shape index (κ2) is 8.10. The molecule has 2 aliphatic rings. The average Bonchev–Trinajstić information content (AvgIpc) is 3.38. The number of hydrogen-bond acceptors (Lipinski definition) is 5. The molecule has 1 amide bonds. The maximum absolute atomic E-state index is 12.7. The molecule has 7 nitrogen and oxygen atoms in total. The van der Waals surface area contributed by atoms with Crippen molar-refractivity contribution in [2.45, 2.75) is 25.7 Å². The summed E-state index contributed by atoms with van der Waals surface area (Å²) in [6.45, 7) is 3.24. The molecule has 0 aliphatic carbocycles. The molecule has 0 radical (unpaired) electrons. The van der Waals surface area contributed by atoms with E-state index in [4.69, 9.17) is 14.2 Å². The number of benzene rings is 1. The smallest absolute Gasteiger partial charge is 0.253 e. The number of aryl methyl sites for hydroxylation is 1. The van der Waals surface area contributed by atoms with Crippen molar-refractivity contribution in [2.24, 2.45) is 13.0 Å². The van der Waals surface area contributed by atoms with Crippen LogP contribution in [-0.4, -0.2) is 53.0 Å². The zero-order chi connectivity index (χ0) is 18.6. The van der Waals surface area contributed by atoms with Gasteiger partial charge in [0.2, 0.25) is 0 Å². The van der Waals surface area contributed by atoms with E-state index in [2.05, 4.69) is 4.98 Å². The van der Waals surface area contributed by atoms with Crippen LogP contribution < -0.4 is 4.74 Å². The third-order valence-electron chi connectivity index (χ3n) is 5.25. The number of amides is 1. The van der Waals surface area contributed by atoms with Crippen LogP contribution in [0.1, 0.15) is 29.0 Å². The lowest BCUT2D eigenvalue weighted by Crippen LogP contribution is -2.41. The molecule has 0 spiro atoms. The van der Waals surface area contributed by atoms with Crippen LogP contribution in [0.3, 0.4) is 0 Å². The minimum absolute atomic E-state index is 0.0670. The topological polar surface area (TPSA) is 65.8 Å². The maximum atomic E-state index is 12.7. The molecule has 4 rings (SSSR count). The van der Waals surface area contributed by atoms with E-state index in [-0.39, 0.29) is 12.2 Å². The van der Waals surface area contributed by atoms with Crippen molar-refractivity contribution < 1.29 is 19.0 Å². The molecule has 2 saturated heterocycles. The molecule has 2 fully saturated rings. The van der Waals surface area contributed by atoms with Gasteiger partial charge in [0.15, 0.2) is 6.29 Å². The summed E-state index contributed by atoms with van der Waals surface area (Å²) in [4.78, 5) is 18.9. The van der Waals surface area contributed by atoms with Gasteiger partial charge in [0.25, 0.3) is 5.91 Å². The molecule has 144 valence electrons. The molecule has 1 aromatic carbocycles. The fourth-order valence-electron chi connectivity index (χ4n) is 3.58. The minimum atomic E-state index is -0.0857. The molecule has 1 aromatic heterocycles. The third kappa shape index (κ3) is 4.14. The number of piperidine rings is 1. The first-order valence-electron chi connectivity index (χ1n) is 9.42. The van der Waals surface area contributed by atoms with Crippen molar-refractivity contribution >= 4 is 5.91 Å². The molecular formula is C20H25N3O4. The van der Waals surface area contributed by atoms with Crippen LogP contribution in [0.4, 0.5) is 0 Å². The molecule has 0 unspecified atom stereocenters. The lowest BCUT2D eigenvalue weighted by molar-refractivity contribution is -0.0956. The minimum Gasteiger partial charge on any atom is -0.486 e. The van der Waals surface area contributed by atoms with Crippen LogP contribution in [0.15, 0.2) is 36.7 Å². The van der Waals surface area contributed by atoms with Gasteiger partial charge in [-0.1, -0.05) is 0 Å². The number of aromatic nitrogens is 2. The van der Waals surface area contributed by atoms with Gasteiger partial charge in [0.1, 0.15) is 18.2 Å². The molecule has 2 aliphatic heterocycles. The fourth-order valence-corrected chi connectivity index (χ4v) is 3.58. The Labute approximate surface area is 158 Å². The molecule has 0 saturated carbocycles. The van der Waals surface area contributed by atoms with E-state index >= 15 is 0 Å². The molecule has 3 heterocycles. The van der Waals surface area contributed by atoms with Crippen molar-refractivity contribution in [2.75, 3.05) is 26.3 Å². The van der Waals surface area contributed by atoms with Crippen molar-refractivity contribution in [3.05, 3.63) is 48.0 Å². The zero-order valence-electron chi connectivity index (χ0n) is 15.5. The number of rotatable bonds is 5. The standard InChI is InChI=1S/C20H25N3O4/c1-22-11-8-21-18(22)14-27-17-4-2-15(3-5-17)19(24)23-9-6-16(7-10-23)20-25-12-13-26-20/h2-5,8,11,16,20H,6-7,9-10,12-14H2,1H3. The highest BCUT2D eigenvalue weighted by atomic mass is 16.7. The lowest BCUT2D eigenvalue weighted by atomic mass is 9.95. The highest BCUT2D eigenvalue weighted by molar-refractivity contribution is 5.94. The first-order valence-corrected chi connectivity index (χ1v) is 9.42. The quantitative estimate of drug-likeness (QED) is 0.806. The van der Waals surface area contributed by atoms with Gasteiger partial charge in [-0.3, -0.25) is 4.79 Å². The normalized spacial score (nSPS) is 18.8. The average molecular weight is 371 g/mol. The van der Waals surface area contributed by atoms with Crippen LogP contribution in [0.25, 0.3) is 0 Å². The Balaban J connectivity index is 1.29. The van der Waals surface area contributed by atoms with Gasteiger partial charge in [0.05, 0.1) is 13.2 Å². The van der Waals surface area contributed by atoms with Crippen molar-refractivity contribution in [1.29, 1.82) is 0 Å². The highest BCUT2D eigenvalue weighted by Gasteiger charge is 2.31. The van der Waals surface area contributed by atoms with Gasteiger partial charge in [-0.05, 0) is 37.1 Å². The Morgan fingerprint density at radius 1 is 1.19 bits per heavy atom. The van der Waals surface area contributed by atoms with Gasteiger partial charge < -0.3 is 23.7 Å². The van der Waals surface area contributed by atoms with E-state index in [9.17, 15) is 4.79 Å². The fraction of sp³-hybridized carbons (Fsp3) is 0.500. The van der Waals surface area contributed by atoms with E-state index in [1.165, 1.54) is 0 Å². The van der Waals surface area contributed by atoms with Gasteiger partial charge in [-0.15, -0.1) is 0 Å². The largest absolute Gasteiger partial charge is 0.486 e. The molecule has 0 atom stereocenters. The van der Waals surface area contributed by atoms with Crippen LogP contribution in [0.2, 0.25) is 0 Å². The Kier molecular flexibility index (Phi) is 5.40. The van der Waals surface area contributed by atoms with Crippen LogP contribution >= 0.6 is 0 Å². The Hall–Kier alpha value is -2.38. The summed E-state index contributed by atoms with van der Waals surface area (Å²) in [6.07, 6.45) is 5.38. The van der Waals surface area contributed by atoms with Gasteiger partial charge in [-0.25, -0.2) is 4.98 Å². The number of imidazole rings is 1.